The molecule has 1 aliphatic carbocycles. The molecule has 0 atom stereocenters. The summed E-state index contributed by atoms with van der Waals surface area (Å²) in [6, 6.07) is 6.65. The summed E-state index contributed by atoms with van der Waals surface area (Å²) in [4.78, 5) is 0. The van der Waals surface area contributed by atoms with Gasteiger partial charge in [-0.1, -0.05) is 61.9 Å². The molecular formula is C17H21FN2O. The number of nitrogens with zero attached hydrogens (tertiary/aromatic N) is 1. The number of aromatic nitrogens is 1. The third kappa shape index (κ3) is 3.09. The minimum atomic E-state index is -0.283. The summed E-state index contributed by atoms with van der Waals surface area (Å²) in [5.74, 6) is 0.528. The van der Waals surface area contributed by atoms with Crippen molar-refractivity contribution in [3.8, 4) is 11.1 Å². The highest BCUT2D eigenvalue weighted by Crippen LogP contribution is 2.35. The maximum Gasteiger partial charge on any atom is 0.230 e. The van der Waals surface area contributed by atoms with Gasteiger partial charge in [0.15, 0.2) is 0 Å². The number of benzene rings is 1. The van der Waals surface area contributed by atoms with E-state index in [0.717, 1.165) is 12.1 Å². The zero-order valence-corrected chi connectivity index (χ0v) is 12.1. The van der Waals surface area contributed by atoms with E-state index in [9.17, 15) is 4.39 Å². The zero-order valence-electron chi connectivity index (χ0n) is 12.1. The van der Waals surface area contributed by atoms with Crippen molar-refractivity contribution in [3.05, 3.63) is 35.8 Å². The highest BCUT2D eigenvalue weighted by molar-refractivity contribution is 5.75. The van der Waals surface area contributed by atoms with Gasteiger partial charge in [-0.25, -0.2) is 4.39 Å². The Morgan fingerprint density at radius 3 is 2.57 bits per heavy atom. The molecule has 0 saturated heterocycles. The van der Waals surface area contributed by atoms with Gasteiger partial charge in [-0.2, -0.15) is 0 Å². The summed E-state index contributed by atoms with van der Waals surface area (Å²) in [6.07, 6.45) is 8.42. The Morgan fingerprint density at radius 1 is 1.14 bits per heavy atom. The maximum absolute atomic E-state index is 14.0. The van der Waals surface area contributed by atoms with Gasteiger partial charge < -0.3 is 10.3 Å². The molecule has 3 nitrogen and oxygen atoms in total. The molecule has 0 aliphatic heterocycles. The van der Waals surface area contributed by atoms with Gasteiger partial charge in [0.05, 0.1) is 11.3 Å². The number of hydrogen-bond acceptors (Lipinski definition) is 3. The van der Waals surface area contributed by atoms with Crippen LogP contribution in [0.3, 0.4) is 0 Å². The van der Waals surface area contributed by atoms with Crippen LogP contribution in [0.2, 0.25) is 0 Å². The lowest BCUT2D eigenvalue weighted by Crippen LogP contribution is -2.05. The molecule has 1 saturated carbocycles. The SMILES string of the molecule is Nc1onc(CC2CCCCCC2)c1-c1ccccc1F. The molecular weight excluding hydrogens is 267 g/mol. The summed E-state index contributed by atoms with van der Waals surface area (Å²) >= 11 is 0. The smallest absolute Gasteiger partial charge is 0.230 e. The second-order valence-electron chi connectivity index (χ2n) is 5.91. The first-order valence-electron chi connectivity index (χ1n) is 7.74. The first-order chi connectivity index (χ1) is 10.3. The maximum atomic E-state index is 14.0. The lowest BCUT2D eigenvalue weighted by molar-refractivity contribution is 0.403. The third-order valence-electron chi connectivity index (χ3n) is 4.39. The molecule has 0 radical (unpaired) electrons. The quantitative estimate of drug-likeness (QED) is 0.841. The Kier molecular flexibility index (Phi) is 4.23. The van der Waals surface area contributed by atoms with Gasteiger partial charge >= 0.3 is 0 Å². The van der Waals surface area contributed by atoms with Crippen molar-refractivity contribution in [2.45, 2.75) is 44.9 Å². The van der Waals surface area contributed by atoms with Gasteiger partial charge in [0, 0.05) is 5.56 Å². The molecule has 0 spiro atoms. The van der Waals surface area contributed by atoms with E-state index in [0.29, 0.717) is 17.0 Å². The van der Waals surface area contributed by atoms with Gasteiger partial charge in [-0.3, -0.25) is 0 Å². The fraction of sp³-hybridized carbons (Fsp3) is 0.471. The van der Waals surface area contributed by atoms with Crippen LogP contribution in [0, 0.1) is 11.7 Å². The van der Waals surface area contributed by atoms with Crippen LogP contribution in [0.15, 0.2) is 28.8 Å². The molecule has 1 aromatic carbocycles. The van der Waals surface area contributed by atoms with E-state index < -0.39 is 0 Å². The van der Waals surface area contributed by atoms with E-state index in [2.05, 4.69) is 5.16 Å². The van der Waals surface area contributed by atoms with Crippen LogP contribution >= 0.6 is 0 Å². The van der Waals surface area contributed by atoms with Crippen LogP contribution in [0.4, 0.5) is 10.3 Å². The fourth-order valence-corrected chi connectivity index (χ4v) is 3.27. The van der Waals surface area contributed by atoms with E-state index in [1.165, 1.54) is 44.6 Å². The molecule has 112 valence electrons. The van der Waals surface area contributed by atoms with Gasteiger partial charge in [0.25, 0.3) is 0 Å². The van der Waals surface area contributed by atoms with Gasteiger partial charge in [-0.15, -0.1) is 0 Å². The lowest BCUT2D eigenvalue weighted by Gasteiger charge is -2.13. The molecule has 2 N–H and O–H groups in total. The van der Waals surface area contributed by atoms with E-state index >= 15 is 0 Å². The Hall–Kier alpha value is -1.84. The standard InChI is InChI=1S/C17H21FN2O/c18-14-10-6-5-9-13(14)16-15(20-21-17(16)19)11-12-7-3-1-2-4-8-12/h5-6,9-10,12H,1-4,7-8,11,19H2. The molecule has 21 heavy (non-hydrogen) atoms. The van der Waals surface area contributed by atoms with Crippen LogP contribution in [0.1, 0.15) is 44.2 Å². The molecule has 4 heteroatoms. The van der Waals surface area contributed by atoms with Crippen molar-refractivity contribution in [2.75, 3.05) is 5.73 Å². The number of anilines is 1. The number of nitrogens with two attached hydrogens (primary N) is 1. The average molecular weight is 288 g/mol. The predicted molar refractivity (Wildman–Crippen MR) is 81.2 cm³/mol. The summed E-state index contributed by atoms with van der Waals surface area (Å²) in [7, 11) is 0. The largest absolute Gasteiger partial charge is 0.367 e. The third-order valence-corrected chi connectivity index (χ3v) is 4.39. The van der Waals surface area contributed by atoms with Crippen LogP contribution < -0.4 is 5.73 Å². The summed E-state index contributed by atoms with van der Waals surface area (Å²) < 4.78 is 19.2. The Morgan fingerprint density at radius 2 is 1.86 bits per heavy atom. The topological polar surface area (TPSA) is 52.0 Å². The second-order valence-corrected chi connectivity index (χ2v) is 5.91. The monoisotopic (exact) mass is 288 g/mol. The fourth-order valence-electron chi connectivity index (χ4n) is 3.27. The van der Waals surface area contributed by atoms with Crippen LogP contribution in [-0.2, 0) is 6.42 Å². The molecule has 1 aromatic heterocycles. The van der Waals surface area contributed by atoms with Crippen molar-refractivity contribution in [1.82, 2.24) is 5.16 Å². The van der Waals surface area contributed by atoms with E-state index in [1.807, 2.05) is 0 Å². The number of nitrogen functional groups attached to an aromatic ring is 1. The van der Waals surface area contributed by atoms with Gasteiger partial charge in [-0.05, 0) is 18.4 Å². The summed E-state index contributed by atoms with van der Waals surface area (Å²) in [5, 5.41) is 4.09. The molecule has 2 aromatic rings. The molecule has 0 bridgehead atoms. The van der Waals surface area contributed by atoms with E-state index in [1.54, 1.807) is 18.2 Å². The average Bonchev–Trinajstić information content (AvgIpc) is 2.69. The Bertz CT molecular complexity index is 601. The van der Waals surface area contributed by atoms with Crippen molar-refractivity contribution in [2.24, 2.45) is 5.92 Å². The molecule has 0 unspecified atom stereocenters. The first kappa shape index (κ1) is 14.1. The second kappa shape index (κ2) is 6.29. The molecule has 3 rings (SSSR count). The van der Waals surface area contributed by atoms with Crippen molar-refractivity contribution >= 4 is 5.88 Å². The van der Waals surface area contributed by atoms with Crippen LogP contribution in [0.5, 0.6) is 0 Å². The van der Waals surface area contributed by atoms with E-state index in [-0.39, 0.29) is 11.7 Å². The molecule has 1 heterocycles. The summed E-state index contributed by atoms with van der Waals surface area (Å²) in [5.41, 5.74) is 7.80. The van der Waals surface area contributed by atoms with Crippen molar-refractivity contribution in [1.29, 1.82) is 0 Å². The minimum absolute atomic E-state index is 0.212. The molecule has 0 amide bonds. The Balaban J connectivity index is 1.88. The normalized spacial score (nSPS) is 16.8. The number of halogens is 1. The highest BCUT2D eigenvalue weighted by Gasteiger charge is 2.22. The molecule has 1 fully saturated rings. The first-order valence-corrected chi connectivity index (χ1v) is 7.74. The number of hydrogen-bond donors (Lipinski definition) is 1. The molecule has 1 aliphatic rings. The zero-order chi connectivity index (χ0) is 14.7. The van der Waals surface area contributed by atoms with Crippen LogP contribution in [0.25, 0.3) is 11.1 Å². The highest BCUT2D eigenvalue weighted by atomic mass is 19.1. The van der Waals surface area contributed by atoms with Crippen LogP contribution in [-0.4, -0.2) is 5.16 Å². The van der Waals surface area contributed by atoms with Gasteiger partial charge in [0.2, 0.25) is 5.88 Å². The summed E-state index contributed by atoms with van der Waals surface area (Å²) in [6.45, 7) is 0. The Labute approximate surface area is 124 Å². The van der Waals surface area contributed by atoms with Gasteiger partial charge in [0.1, 0.15) is 5.82 Å². The number of rotatable bonds is 3. The van der Waals surface area contributed by atoms with E-state index in [4.69, 9.17) is 10.3 Å². The predicted octanol–water partition coefficient (Wildman–Crippen LogP) is 4.58. The lowest BCUT2D eigenvalue weighted by atomic mass is 9.92. The van der Waals surface area contributed by atoms with Crippen molar-refractivity contribution < 1.29 is 8.91 Å². The minimum Gasteiger partial charge on any atom is -0.367 e. The van der Waals surface area contributed by atoms with Crippen molar-refractivity contribution in [3.63, 3.8) is 0 Å².